The quantitative estimate of drug-likeness (QED) is 0.0791. The van der Waals surface area contributed by atoms with Crippen molar-refractivity contribution in [1.29, 1.82) is 0 Å². The molecule has 17 nitrogen and oxygen atoms in total. The van der Waals surface area contributed by atoms with Crippen molar-refractivity contribution >= 4 is 43.6 Å². The highest BCUT2D eigenvalue weighted by Crippen LogP contribution is 2.39. The van der Waals surface area contributed by atoms with Gasteiger partial charge in [0.25, 0.3) is 0 Å². The van der Waals surface area contributed by atoms with Crippen molar-refractivity contribution in [2.24, 2.45) is 14.1 Å². The number of aryl methyl sites for hydroxylation is 2. The number of halogens is 12. The fourth-order valence-electron chi connectivity index (χ4n) is 7.49. The summed E-state index contributed by atoms with van der Waals surface area (Å²) < 4.78 is 153. The van der Waals surface area contributed by atoms with Crippen LogP contribution in [0.2, 0.25) is 0 Å². The first-order chi connectivity index (χ1) is 36.7. The van der Waals surface area contributed by atoms with Gasteiger partial charge in [-0.25, -0.2) is 14.4 Å². The maximum Gasteiger partial charge on any atom is 0.573 e. The van der Waals surface area contributed by atoms with Gasteiger partial charge in [-0.15, -0.1) is 36.5 Å². The van der Waals surface area contributed by atoms with Crippen molar-refractivity contribution in [1.82, 2.24) is 54.6 Å². The van der Waals surface area contributed by atoms with Crippen molar-refractivity contribution < 1.29 is 72.5 Å². The van der Waals surface area contributed by atoms with Gasteiger partial charge in [0.1, 0.15) is 22.9 Å². The Labute approximate surface area is 452 Å². The minimum atomic E-state index is -4.83. The van der Waals surface area contributed by atoms with Gasteiger partial charge in [-0.2, -0.15) is 27.8 Å². The van der Waals surface area contributed by atoms with Gasteiger partial charge in [0, 0.05) is 72.5 Å². The first-order valence-electron chi connectivity index (χ1n) is 22.6. The third kappa shape index (κ3) is 13.6. The molecule has 0 aliphatic carbocycles. The molecule has 9 rings (SSSR count). The number of aromatic nitrogens is 10. The van der Waals surface area contributed by atoms with E-state index in [1.165, 1.54) is 82.3 Å². The van der Waals surface area contributed by atoms with Crippen molar-refractivity contribution in [3.05, 3.63) is 130 Å². The summed E-state index contributed by atoms with van der Waals surface area (Å²) in [6.07, 6.45) is -4.30. The number of carbonyl (C=O) groups is 2. The number of ether oxygens (including phenoxy) is 3. The van der Waals surface area contributed by atoms with E-state index in [4.69, 9.17) is 4.74 Å². The molecule has 1 aliphatic rings. The molecule has 0 saturated carbocycles. The zero-order chi connectivity index (χ0) is 56.9. The van der Waals surface area contributed by atoms with E-state index in [0.717, 1.165) is 70.7 Å². The van der Waals surface area contributed by atoms with Gasteiger partial charge in [-0.3, -0.25) is 23.8 Å². The number of nitrogens with zero attached hydrogens (tertiary/aromatic N) is 11. The minimum absolute atomic E-state index is 0.227. The molecule has 1 saturated heterocycles. The molecule has 0 radical (unpaired) electrons. The van der Waals surface area contributed by atoms with Crippen molar-refractivity contribution in [3.8, 4) is 67.9 Å². The number of hydrogen-bond donors (Lipinski definition) is 0. The van der Waals surface area contributed by atoms with Crippen molar-refractivity contribution in [2.45, 2.75) is 44.3 Å². The van der Waals surface area contributed by atoms with Crippen LogP contribution in [-0.2, 0) is 45.1 Å². The maximum atomic E-state index is 14.9. The number of alkyl halides is 10. The van der Waals surface area contributed by atoms with Crippen LogP contribution in [0.25, 0.3) is 56.4 Å². The Hall–Kier alpha value is -7.50. The summed E-state index contributed by atoms with van der Waals surface area (Å²) in [7, 11) is 5.04. The molecule has 1 fully saturated rings. The van der Waals surface area contributed by atoms with Gasteiger partial charge in [0.05, 0.1) is 53.7 Å². The second kappa shape index (κ2) is 23.6. The summed E-state index contributed by atoms with van der Waals surface area (Å²) in [5, 5.41) is 24.1. The highest BCUT2D eigenvalue weighted by molar-refractivity contribution is 9.10. The summed E-state index contributed by atoms with van der Waals surface area (Å²) in [5.74, 6) is -11.5. The molecule has 5 heterocycles. The van der Waals surface area contributed by atoms with Crippen molar-refractivity contribution in [2.75, 3.05) is 27.4 Å². The summed E-state index contributed by atoms with van der Waals surface area (Å²) in [4.78, 5) is 28.2. The number of rotatable bonds is 13. The standard InChI is InChI=1S/C23H18BrF5N6O3.C22H15BrF5N5O2.C4H8O/c1-33-17(11-20(31-33)22(25,26)21(36)34(2)37-3)16-9-6-14(24)10-18(16)35-19(12-30-32-35)13-4-7-15(8-5-13)38-23(27,28)29;1-12(34)21(24,25)20-10-17(32(2)30-20)16-8-5-14(23)9-18(16)33-19(11-29-31-33)13-3-6-15(7-4-13)35-22(26,27)28;1-2-4-5-3-1/h4-12H,1-3H3;3-11H,1-2H3;1-4H2. The minimum Gasteiger partial charge on any atom is -0.406 e. The average molecular weight is 1230 g/mol. The molecule has 1 amide bonds. The van der Waals surface area contributed by atoms with E-state index in [-0.39, 0.29) is 11.4 Å². The van der Waals surface area contributed by atoms with Crippen LogP contribution in [0.3, 0.4) is 0 Å². The van der Waals surface area contributed by atoms with Gasteiger partial charge in [-0.05, 0) is 110 Å². The molecule has 8 aromatic rings. The SMILES string of the molecule is C1CCOC1.CC(=O)C(F)(F)c1cc(-c2ccc(Br)cc2-n2nncc2-c2ccc(OC(F)(F)F)cc2)n(C)n1.CON(C)C(=O)C(F)(F)c1cc(-c2ccc(Br)cc2-n2nncc2-c2ccc(OC(F)(F)F)cc2)n(C)n1. The van der Waals surface area contributed by atoms with E-state index in [1.54, 1.807) is 36.4 Å². The maximum absolute atomic E-state index is 14.9. The molecule has 29 heteroatoms. The first-order valence-corrected chi connectivity index (χ1v) is 24.2. The molecule has 0 unspecified atom stereocenters. The van der Waals surface area contributed by atoms with Gasteiger partial charge in [0.2, 0.25) is 5.78 Å². The highest BCUT2D eigenvalue weighted by atomic mass is 79.9. The van der Waals surface area contributed by atoms with Gasteiger partial charge in [0.15, 0.2) is 0 Å². The van der Waals surface area contributed by atoms with Crippen LogP contribution in [0.4, 0.5) is 43.9 Å². The van der Waals surface area contributed by atoms with E-state index in [0.29, 0.717) is 59.0 Å². The fraction of sp³-hybridized carbons (Fsp3) is 0.265. The van der Waals surface area contributed by atoms with E-state index >= 15 is 0 Å². The van der Waals surface area contributed by atoms with Crippen LogP contribution < -0.4 is 9.47 Å². The van der Waals surface area contributed by atoms with Crippen LogP contribution in [0.1, 0.15) is 31.2 Å². The van der Waals surface area contributed by atoms with E-state index in [2.05, 4.69) is 77.0 Å². The first kappa shape index (κ1) is 58.2. The largest absolute Gasteiger partial charge is 0.573 e. The van der Waals surface area contributed by atoms with Crippen molar-refractivity contribution in [3.63, 3.8) is 0 Å². The summed E-state index contributed by atoms with van der Waals surface area (Å²) >= 11 is 6.76. The van der Waals surface area contributed by atoms with Gasteiger partial charge in [-0.1, -0.05) is 42.3 Å². The summed E-state index contributed by atoms with van der Waals surface area (Å²) in [6.45, 7) is 2.78. The molecule has 0 N–H and O–H groups in total. The normalized spacial score (nSPS) is 12.8. The molecule has 0 atom stereocenters. The topological polar surface area (TPSA) is 171 Å². The molecular formula is C49H41Br2F10N11O6. The van der Waals surface area contributed by atoms with Crippen LogP contribution in [-0.4, -0.2) is 106 Å². The lowest BCUT2D eigenvalue weighted by molar-refractivity contribution is -0.275. The summed E-state index contributed by atoms with van der Waals surface area (Å²) in [6, 6.07) is 22.4. The Morgan fingerprint density at radius 3 is 1.33 bits per heavy atom. The Bertz CT molecular complexity index is 3390. The number of carbonyl (C=O) groups excluding carboxylic acids is 2. The summed E-state index contributed by atoms with van der Waals surface area (Å²) in [5.41, 5.74) is 2.41. The molecule has 4 aromatic heterocycles. The lowest BCUT2D eigenvalue weighted by Gasteiger charge is -2.19. The molecule has 0 spiro atoms. The zero-order valence-corrected chi connectivity index (χ0v) is 44.3. The van der Waals surface area contributed by atoms with E-state index < -0.39 is 59.1 Å². The Kier molecular flexibility index (Phi) is 17.6. The van der Waals surface area contributed by atoms with Crippen LogP contribution in [0, 0.1) is 0 Å². The van der Waals surface area contributed by atoms with Crippen LogP contribution in [0.15, 0.2) is 118 Å². The molecule has 4 aromatic carbocycles. The number of likely N-dealkylation sites (N-methyl/N-ethyl adjacent to an activating group) is 1. The van der Waals surface area contributed by atoms with Gasteiger partial charge >= 0.3 is 30.5 Å². The fourth-order valence-corrected chi connectivity index (χ4v) is 8.19. The lowest BCUT2D eigenvalue weighted by atomic mass is 10.1. The third-order valence-corrected chi connectivity index (χ3v) is 12.3. The second-order valence-corrected chi connectivity index (χ2v) is 18.4. The Morgan fingerprint density at radius 1 is 0.590 bits per heavy atom. The smallest absolute Gasteiger partial charge is 0.406 e. The highest BCUT2D eigenvalue weighted by Gasteiger charge is 2.47. The predicted molar refractivity (Wildman–Crippen MR) is 265 cm³/mol. The molecule has 0 bridgehead atoms. The van der Waals surface area contributed by atoms with E-state index in [1.807, 2.05) is 0 Å². The number of ketones is 1. The molecule has 412 valence electrons. The number of amides is 1. The number of hydroxylamine groups is 2. The van der Waals surface area contributed by atoms with Crippen LogP contribution >= 0.6 is 31.9 Å². The molecular weight excluding hydrogens is 1190 g/mol. The number of benzene rings is 4. The third-order valence-electron chi connectivity index (χ3n) is 11.3. The number of hydrogen-bond acceptors (Lipinski definition) is 12. The molecule has 78 heavy (non-hydrogen) atoms. The van der Waals surface area contributed by atoms with Gasteiger partial charge < -0.3 is 14.2 Å². The van der Waals surface area contributed by atoms with E-state index in [9.17, 15) is 53.5 Å². The predicted octanol–water partition coefficient (Wildman–Crippen LogP) is 11.6. The Balaban J connectivity index is 0.000000208. The average Bonchev–Trinajstić information content (AvgIpc) is 4.37. The lowest BCUT2D eigenvalue weighted by Crippen LogP contribution is -2.39. The Morgan fingerprint density at radius 2 is 0.987 bits per heavy atom. The second-order valence-electron chi connectivity index (χ2n) is 16.6. The number of Topliss-reactive ketones (excluding diaryl/α,β-unsaturated/α-hetero) is 1. The van der Waals surface area contributed by atoms with Crippen LogP contribution in [0.5, 0.6) is 11.5 Å². The zero-order valence-electron chi connectivity index (χ0n) is 41.1. The monoisotopic (exact) mass is 1230 g/mol. The molecule has 1 aliphatic heterocycles.